The Morgan fingerprint density at radius 2 is 1.90 bits per heavy atom. The number of aryl methyl sites for hydroxylation is 2. The predicted molar refractivity (Wildman–Crippen MR) is 112 cm³/mol. The van der Waals surface area contributed by atoms with Crippen molar-refractivity contribution in [1.29, 1.82) is 0 Å². The van der Waals surface area contributed by atoms with Crippen LogP contribution in [0, 0.1) is 0 Å². The van der Waals surface area contributed by atoms with Crippen molar-refractivity contribution in [3.05, 3.63) is 53.6 Å². The number of hydrogen-bond donors (Lipinski definition) is 1. The molecule has 7 nitrogen and oxygen atoms in total. The number of esters is 1. The van der Waals surface area contributed by atoms with E-state index in [9.17, 15) is 14.4 Å². The standard InChI is InChI=1S/C23H24N2O5/c1-14(22(27)24-18-11-10-16-6-5-7-17(16)12-18)29-23(28)21-13-25(15(2)26)19-8-3-4-9-20(19)30-21/h3-4,8-12,14,21H,5-7,13H2,1-2H3,(H,24,27)/t14-,21-/m0/s1. The summed E-state index contributed by atoms with van der Waals surface area (Å²) in [6, 6.07) is 12.9. The highest BCUT2D eigenvalue weighted by atomic mass is 16.6. The lowest BCUT2D eigenvalue weighted by molar-refractivity contribution is -0.160. The smallest absolute Gasteiger partial charge is 0.350 e. The quantitative estimate of drug-likeness (QED) is 0.787. The Morgan fingerprint density at radius 3 is 2.70 bits per heavy atom. The topological polar surface area (TPSA) is 84.9 Å². The highest BCUT2D eigenvalue weighted by molar-refractivity contribution is 5.97. The van der Waals surface area contributed by atoms with Crippen LogP contribution in [0.1, 0.15) is 31.4 Å². The average Bonchev–Trinajstić information content (AvgIpc) is 3.20. The third-order valence-corrected chi connectivity index (χ3v) is 5.44. The molecule has 0 bridgehead atoms. The monoisotopic (exact) mass is 408 g/mol. The summed E-state index contributed by atoms with van der Waals surface area (Å²) in [6.45, 7) is 2.97. The minimum Gasteiger partial charge on any atom is -0.475 e. The lowest BCUT2D eigenvalue weighted by Gasteiger charge is -2.33. The van der Waals surface area contributed by atoms with Crippen LogP contribution in [-0.2, 0) is 32.0 Å². The van der Waals surface area contributed by atoms with E-state index in [0.717, 1.165) is 19.3 Å². The van der Waals surface area contributed by atoms with Crippen LogP contribution >= 0.6 is 0 Å². The molecule has 0 saturated heterocycles. The SMILES string of the molecule is CC(=O)N1C[C@@H](C(=O)O[C@@H](C)C(=O)Nc2ccc3c(c2)CCC3)Oc2ccccc21. The number of nitrogens with one attached hydrogen (secondary N) is 1. The summed E-state index contributed by atoms with van der Waals surface area (Å²) in [7, 11) is 0. The molecule has 156 valence electrons. The molecule has 7 heteroatoms. The average molecular weight is 408 g/mol. The molecule has 30 heavy (non-hydrogen) atoms. The van der Waals surface area contributed by atoms with Gasteiger partial charge < -0.3 is 19.7 Å². The van der Waals surface area contributed by atoms with Gasteiger partial charge in [-0.05, 0) is 61.6 Å². The molecule has 0 unspecified atom stereocenters. The summed E-state index contributed by atoms with van der Waals surface area (Å²) < 4.78 is 11.1. The number of carbonyl (C=O) groups is 3. The maximum Gasteiger partial charge on any atom is 0.350 e. The first-order valence-corrected chi connectivity index (χ1v) is 10.1. The molecule has 1 aliphatic heterocycles. The first-order chi connectivity index (χ1) is 14.4. The summed E-state index contributed by atoms with van der Waals surface area (Å²) in [4.78, 5) is 38.6. The molecule has 0 fully saturated rings. The third kappa shape index (κ3) is 4.01. The van der Waals surface area contributed by atoms with Gasteiger partial charge in [-0.3, -0.25) is 9.59 Å². The summed E-state index contributed by atoms with van der Waals surface area (Å²) in [5.41, 5.74) is 3.86. The van der Waals surface area contributed by atoms with Crippen molar-refractivity contribution in [3.8, 4) is 5.75 Å². The van der Waals surface area contributed by atoms with Gasteiger partial charge in [-0.25, -0.2) is 4.79 Å². The molecule has 2 aliphatic rings. The lowest BCUT2D eigenvalue weighted by Crippen LogP contribution is -2.48. The van der Waals surface area contributed by atoms with E-state index in [2.05, 4.69) is 5.32 Å². The van der Waals surface area contributed by atoms with Crippen molar-refractivity contribution in [2.75, 3.05) is 16.8 Å². The number of nitrogens with zero attached hydrogens (tertiary/aromatic N) is 1. The number of anilines is 2. The second-order valence-corrected chi connectivity index (χ2v) is 7.61. The summed E-state index contributed by atoms with van der Waals surface area (Å²) >= 11 is 0. The van der Waals surface area contributed by atoms with Crippen molar-refractivity contribution in [1.82, 2.24) is 0 Å². The molecule has 4 rings (SSSR count). The molecule has 2 amide bonds. The number of para-hydroxylation sites is 2. The van der Waals surface area contributed by atoms with Gasteiger partial charge >= 0.3 is 5.97 Å². The number of hydrogen-bond acceptors (Lipinski definition) is 5. The molecule has 2 atom stereocenters. The summed E-state index contributed by atoms with van der Waals surface area (Å²) in [5.74, 6) is -0.879. The van der Waals surface area contributed by atoms with Gasteiger partial charge in [0.15, 0.2) is 6.10 Å². The van der Waals surface area contributed by atoms with Crippen LogP contribution in [0.4, 0.5) is 11.4 Å². The largest absolute Gasteiger partial charge is 0.475 e. The van der Waals surface area contributed by atoms with Crippen LogP contribution in [0.5, 0.6) is 5.75 Å². The van der Waals surface area contributed by atoms with E-state index in [0.29, 0.717) is 17.1 Å². The number of ether oxygens (including phenoxy) is 2. The molecule has 1 N–H and O–H groups in total. The van der Waals surface area contributed by atoms with Crippen molar-refractivity contribution < 1.29 is 23.9 Å². The van der Waals surface area contributed by atoms with Gasteiger partial charge in [0.05, 0.1) is 12.2 Å². The fourth-order valence-corrected chi connectivity index (χ4v) is 3.85. The molecular formula is C23H24N2O5. The minimum absolute atomic E-state index is 0.0321. The molecule has 2 aromatic rings. The molecule has 0 aromatic heterocycles. The van der Waals surface area contributed by atoms with Crippen LogP contribution in [0.25, 0.3) is 0 Å². The van der Waals surface area contributed by atoms with Crippen LogP contribution in [-0.4, -0.2) is 36.5 Å². The predicted octanol–water partition coefficient (Wildman–Crippen LogP) is 2.86. The molecule has 1 aliphatic carbocycles. The Balaban J connectivity index is 1.39. The molecular weight excluding hydrogens is 384 g/mol. The number of benzene rings is 2. The molecule has 2 aromatic carbocycles. The third-order valence-electron chi connectivity index (χ3n) is 5.44. The maximum atomic E-state index is 12.6. The van der Waals surface area contributed by atoms with Gasteiger partial charge in [0, 0.05) is 12.6 Å². The summed E-state index contributed by atoms with van der Waals surface area (Å²) in [6.07, 6.45) is 1.20. The molecule has 0 radical (unpaired) electrons. The van der Waals surface area contributed by atoms with E-state index in [1.807, 2.05) is 18.2 Å². The van der Waals surface area contributed by atoms with Gasteiger partial charge in [0.1, 0.15) is 5.75 Å². The van der Waals surface area contributed by atoms with Crippen LogP contribution < -0.4 is 15.0 Å². The Hall–Kier alpha value is -3.35. The number of rotatable bonds is 4. The van der Waals surface area contributed by atoms with Crippen LogP contribution in [0.3, 0.4) is 0 Å². The molecule has 0 saturated carbocycles. The molecule has 0 spiro atoms. The van der Waals surface area contributed by atoms with E-state index in [1.165, 1.54) is 29.9 Å². The molecule has 1 heterocycles. The lowest BCUT2D eigenvalue weighted by atomic mass is 10.1. The second-order valence-electron chi connectivity index (χ2n) is 7.61. The normalized spacial score (nSPS) is 17.9. The fourth-order valence-electron chi connectivity index (χ4n) is 3.85. The zero-order chi connectivity index (χ0) is 21.3. The van der Waals surface area contributed by atoms with Crippen molar-refractivity contribution >= 4 is 29.2 Å². The first kappa shape index (κ1) is 19.9. The Labute approximate surface area is 175 Å². The van der Waals surface area contributed by atoms with Crippen LogP contribution in [0.2, 0.25) is 0 Å². The van der Waals surface area contributed by atoms with Gasteiger partial charge in [0.2, 0.25) is 12.0 Å². The van der Waals surface area contributed by atoms with Gasteiger partial charge in [-0.15, -0.1) is 0 Å². The van der Waals surface area contributed by atoms with E-state index in [1.54, 1.807) is 24.3 Å². The highest BCUT2D eigenvalue weighted by Crippen LogP contribution is 2.33. The van der Waals surface area contributed by atoms with E-state index in [-0.39, 0.29) is 12.5 Å². The Kier molecular flexibility index (Phi) is 5.44. The van der Waals surface area contributed by atoms with Crippen molar-refractivity contribution in [2.45, 2.75) is 45.3 Å². The summed E-state index contributed by atoms with van der Waals surface area (Å²) in [5, 5.41) is 2.80. The number of amides is 2. The highest BCUT2D eigenvalue weighted by Gasteiger charge is 2.35. The zero-order valence-electron chi connectivity index (χ0n) is 17.0. The Morgan fingerprint density at radius 1 is 1.13 bits per heavy atom. The number of carbonyl (C=O) groups excluding carboxylic acids is 3. The number of fused-ring (bicyclic) bond motifs is 2. The second kappa shape index (κ2) is 8.18. The fraction of sp³-hybridized carbons (Fsp3) is 0.348. The van der Waals surface area contributed by atoms with Crippen molar-refractivity contribution in [3.63, 3.8) is 0 Å². The van der Waals surface area contributed by atoms with Crippen molar-refractivity contribution in [2.24, 2.45) is 0 Å². The van der Waals surface area contributed by atoms with E-state index in [4.69, 9.17) is 9.47 Å². The van der Waals surface area contributed by atoms with E-state index < -0.39 is 24.1 Å². The van der Waals surface area contributed by atoms with Gasteiger partial charge in [-0.1, -0.05) is 18.2 Å². The minimum atomic E-state index is -1.00. The van der Waals surface area contributed by atoms with Gasteiger partial charge in [-0.2, -0.15) is 0 Å². The maximum absolute atomic E-state index is 12.6. The first-order valence-electron chi connectivity index (χ1n) is 10.1. The van der Waals surface area contributed by atoms with Crippen LogP contribution in [0.15, 0.2) is 42.5 Å². The Bertz CT molecular complexity index is 1000. The van der Waals surface area contributed by atoms with Gasteiger partial charge in [0.25, 0.3) is 5.91 Å². The zero-order valence-corrected chi connectivity index (χ0v) is 17.0. The van der Waals surface area contributed by atoms with E-state index >= 15 is 0 Å².